The van der Waals surface area contributed by atoms with Crippen molar-refractivity contribution in [2.45, 2.75) is 58.6 Å². The van der Waals surface area contributed by atoms with Crippen LogP contribution in [0.15, 0.2) is 12.1 Å². The minimum absolute atomic E-state index is 0.0127. The number of piperazine rings is 1. The van der Waals surface area contributed by atoms with Crippen LogP contribution in [0.5, 0.6) is 0 Å². The molecular weight excluding hydrogens is 414 g/mol. The zero-order chi connectivity index (χ0) is 23.7. The summed E-state index contributed by atoms with van der Waals surface area (Å²) in [5, 5.41) is 8.90. The fourth-order valence-corrected chi connectivity index (χ4v) is 4.79. The van der Waals surface area contributed by atoms with E-state index in [2.05, 4.69) is 18.7 Å². The first kappa shape index (κ1) is 24.2. The van der Waals surface area contributed by atoms with Gasteiger partial charge in [0.2, 0.25) is 0 Å². The molecule has 32 heavy (non-hydrogen) atoms. The average molecular weight is 449 g/mol. The van der Waals surface area contributed by atoms with Crippen LogP contribution in [0.2, 0.25) is 0 Å². The van der Waals surface area contributed by atoms with Gasteiger partial charge in [0, 0.05) is 44.8 Å². The number of anilines is 1. The molecule has 0 unspecified atom stereocenters. The van der Waals surface area contributed by atoms with Crippen molar-refractivity contribution in [3.8, 4) is 6.07 Å². The summed E-state index contributed by atoms with van der Waals surface area (Å²) < 4.78 is 34.3. The molecule has 2 fully saturated rings. The Morgan fingerprint density at radius 2 is 1.53 bits per heavy atom. The molecule has 2 heterocycles. The predicted octanol–water partition coefficient (Wildman–Crippen LogP) is 4.38. The van der Waals surface area contributed by atoms with E-state index < -0.39 is 17.2 Å². The molecule has 0 aromatic heterocycles. The van der Waals surface area contributed by atoms with E-state index >= 15 is 0 Å². The molecule has 0 atom stereocenters. The van der Waals surface area contributed by atoms with E-state index in [0.717, 1.165) is 25.0 Å². The molecule has 0 saturated carbocycles. The van der Waals surface area contributed by atoms with Gasteiger partial charge in [-0.05, 0) is 65.5 Å². The number of carbonyl (C=O) groups is 1. The van der Waals surface area contributed by atoms with E-state index in [9.17, 15) is 13.6 Å². The molecule has 8 heteroatoms. The summed E-state index contributed by atoms with van der Waals surface area (Å²) in [6.45, 7) is 13.8. The van der Waals surface area contributed by atoms with Crippen molar-refractivity contribution in [1.82, 2.24) is 9.80 Å². The van der Waals surface area contributed by atoms with E-state index in [1.807, 2.05) is 20.8 Å². The second-order valence-corrected chi connectivity index (χ2v) is 10.3. The van der Waals surface area contributed by atoms with Crippen LogP contribution in [0.3, 0.4) is 0 Å². The van der Waals surface area contributed by atoms with Crippen LogP contribution in [-0.4, -0.2) is 66.3 Å². The topological polar surface area (TPSA) is 59.8 Å². The highest BCUT2D eigenvalue weighted by Crippen LogP contribution is 2.35. The number of nitrogens with zero attached hydrogens (tertiary/aromatic N) is 4. The molecule has 3 rings (SSSR count). The molecule has 0 N–H and O–H groups in total. The molecule has 176 valence electrons. The molecule has 0 spiro atoms. The number of amides is 1. The van der Waals surface area contributed by atoms with E-state index in [0.29, 0.717) is 45.2 Å². The van der Waals surface area contributed by atoms with E-state index in [4.69, 9.17) is 10.00 Å². The summed E-state index contributed by atoms with van der Waals surface area (Å²) in [5.41, 5.74) is -0.650. The average Bonchev–Trinajstić information content (AvgIpc) is 2.72. The summed E-state index contributed by atoms with van der Waals surface area (Å²) in [6.07, 6.45) is 1.53. The maximum absolute atomic E-state index is 14.4. The number of carbonyl (C=O) groups excluding carboxylic acids is 1. The van der Waals surface area contributed by atoms with Crippen molar-refractivity contribution >= 4 is 11.8 Å². The second kappa shape index (κ2) is 9.22. The molecule has 1 aromatic carbocycles. The molecule has 2 aliphatic heterocycles. The van der Waals surface area contributed by atoms with Gasteiger partial charge >= 0.3 is 6.09 Å². The first-order valence-corrected chi connectivity index (χ1v) is 11.3. The highest BCUT2D eigenvalue weighted by molar-refractivity contribution is 5.68. The third kappa shape index (κ3) is 5.32. The molecule has 2 saturated heterocycles. The van der Waals surface area contributed by atoms with Gasteiger partial charge in [-0.1, -0.05) is 0 Å². The van der Waals surface area contributed by atoms with Crippen molar-refractivity contribution < 1.29 is 18.3 Å². The van der Waals surface area contributed by atoms with Crippen molar-refractivity contribution in [1.29, 1.82) is 5.26 Å². The lowest BCUT2D eigenvalue weighted by Crippen LogP contribution is -2.59. The Morgan fingerprint density at radius 1 is 1.00 bits per heavy atom. The predicted molar refractivity (Wildman–Crippen MR) is 119 cm³/mol. The lowest BCUT2D eigenvalue weighted by Gasteiger charge is -2.50. The second-order valence-electron chi connectivity index (χ2n) is 10.3. The van der Waals surface area contributed by atoms with Crippen LogP contribution in [0.25, 0.3) is 0 Å². The number of piperidine rings is 1. The summed E-state index contributed by atoms with van der Waals surface area (Å²) >= 11 is 0. The Labute approximate surface area is 189 Å². The highest BCUT2D eigenvalue weighted by Gasteiger charge is 2.40. The lowest BCUT2D eigenvalue weighted by atomic mass is 9.78. The van der Waals surface area contributed by atoms with Gasteiger partial charge in [0.1, 0.15) is 11.3 Å². The van der Waals surface area contributed by atoms with Crippen LogP contribution >= 0.6 is 0 Å². The summed E-state index contributed by atoms with van der Waals surface area (Å²) in [6, 6.07) is 3.96. The highest BCUT2D eigenvalue weighted by atomic mass is 19.1. The summed E-state index contributed by atoms with van der Waals surface area (Å²) in [5.74, 6) is -0.969. The first-order valence-electron chi connectivity index (χ1n) is 11.3. The smallest absolute Gasteiger partial charge is 0.410 e. The maximum Gasteiger partial charge on any atom is 0.410 e. The van der Waals surface area contributed by atoms with Crippen molar-refractivity contribution in [2.75, 3.05) is 44.2 Å². The molecule has 0 radical (unpaired) electrons. The summed E-state index contributed by atoms with van der Waals surface area (Å²) in [4.78, 5) is 18.2. The van der Waals surface area contributed by atoms with Gasteiger partial charge in [0.25, 0.3) is 0 Å². The Balaban J connectivity index is 1.58. The largest absolute Gasteiger partial charge is 0.444 e. The number of hydrogen-bond donors (Lipinski definition) is 0. The third-order valence-electron chi connectivity index (χ3n) is 6.70. The Hall–Kier alpha value is -2.40. The first-order chi connectivity index (χ1) is 14.9. The van der Waals surface area contributed by atoms with E-state index in [-0.39, 0.29) is 22.9 Å². The number of halogens is 2. The van der Waals surface area contributed by atoms with Crippen LogP contribution in [0, 0.1) is 28.9 Å². The molecule has 1 amide bonds. The quantitative estimate of drug-likeness (QED) is 0.687. The van der Waals surface area contributed by atoms with Gasteiger partial charge in [-0.15, -0.1) is 0 Å². The molecule has 0 bridgehead atoms. The number of ether oxygens (including phenoxy) is 1. The number of benzene rings is 1. The van der Waals surface area contributed by atoms with Gasteiger partial charge in [0.05, 0.1) is 11.6 Å². The monoisotopic (exact) mass is 448 g/mol. The van der Waals surface area contributed by atoms with Crippen molar-refractivity contribution in [3.05, 3.63) is 29.3 Å². The number of nitriles is 1. The number of likely N-dealkylation sites (tertiary alicyclic amines) is 1. The van der Waals surface area contributed by atoms with Crippen molar-refractivity contribution in [2.24, 2.45) is 5.92 Å². The van der Waals surface area contributed by atoms with Gasteiger partial charge in [-0.2, -0.15) is 5.26 Å². The van der Waals surface area contributed by atoms with Gasteiger partial charge < -0.3 is 14.5 Å². The van der Waals surface area contributed by atoms with Gasteiger partial charge in [-0.25, -0.2) is 13.6 Å². The van der Waals surface area contributed by atoms with Crippen LogP contribution < -0.4 is 4.90 Å². The summed E-state index contributed by atoms with van der Waals surface area (Å²) in [7, 11) is 0. The molecule has 2 aliphatic rings. The van der Waals surface area contributed by atoms with E-state index in [1.54, 1.807) is 15.9 Å². The number of hydrogen-bond acceptors (Lipinski definition) is 5. The molecular formula is C24H34F2N4O2. The molecule has 1 aromatic rings. The van der Waals surface area contributed by atoms with Crippen LogP contribution in [-0.2, 0) is 4.74 Å². The number of rotatable bonds is 3. The maximum atomic E-state index is 14.4. The zero-order valence-corrected chi connectivity index (χ0v) is 19.8. The SMILES string of the molecule is CC(C)(C)OC(=O)N1CCC(C(C)(C)N2CCN(c3c(F)cc(C#N)cc3F)CC2)CC1. The van der Waals surface area contributed by atoms with Gasteiger partial charge in [-0.3, -0.25) is 4.90 Å². The van der Waals surface area contributed by atoms with Gasteiger partial charge in [0.15, 0.2) is 11.6 Å². The van der Waals surface area contributed by atoms with E-state index in [1.165, 1.54) is 0 Å². The van der Waals surface area contributed by atoms with Crippen LogP contribution in [0.1, 0.15) is 53.0 Å². The normalized spacial score (nSPS) is 19.1. The Morgan fingerprint density at radius 3 is 2.00 bits per heavy atom. The molecule has 0 aliphatic carbocycles. The minimum Gasteiger partial charge on any atom is -0.444 e. The van der Waals surface area contributed by atoms with Crippen molar-refractivity contribution in [3.63, 3.8) is 0 Å². The fraction of sp³-hybridized carbons (Fsp3) is 0.667. The fourth-order valence-electron chi connectivity index (χ4n) is 4.79. The third-order valence-corrected chi connectivity index (χ3v) is 6.70. The lowest BCUT2D eigenvalue weighted by molar-refractivity contribution is -0.00191. The Kier molecular flexibility index (Phi) is 6.99. The molecule has 6 nitrogen and oxygen atoms in total. The Bertz CT molecular complexity index is 852. The van der Waals surface area contributed by atoms with Crippen LogP contribution in [0.4, 0.5) is 19.3 Å². The zero-order valence-electron chi connectivity index (χ0n) is 19.8. The standard InChI is InChI=1S/C24H34F2N4O2/c1-23(2,3)32-22(31)29-8-6-18(7-9-29)24(4,5)30-12-10-28(11-13-30)21-19(25)14-17(16-27)15-20(21)26/h14-15,18H,6-13H2,1-5H3. The minimum atomic E-state index is -0.691.